The van der Waals surface area contributed by atoms with Crippen molar-refractivity contribution in [1.82, 2.24) is 29.4 Å². The maximum absolute atomic E-state index is 4.66. The second-order valence-corrected chi connectivity index (χ2v) is 6.48. The Morgan fingerprint density at radius 1 is 1.17 bits per heavy atom. The van der Waals surface area contributed by atoms with Crippen molar-refractivity contribution < 1.29 is 0 Å². The Labute approximate surface area is 138 Å². The Morgan fingerprint density at radius 3 is 2.87 bits per heavy atom. The highest BCUT2D eigenvalue weighted by atomic mass is 32.1. The maximum atomic E-state index is 4.66. The number of thiazole rings is 1. The Bertz CT molecular complexity index is 781. The van der Waals surface area contributed by atoms with Crippen molar-refractivity contribution in [2.45, 2.75) is 25.4 Å². The van der Waals surface area contributed by atoms with E-state index in [9.17, 15) is 0 Å². The van der Waals surface area contributed by atoms with E-state index in [0.717, 1.165) is 42.4 Å². The van der Waals surface area contributed by atoms with Gasteiger partial charge in [-0.25, -0.2) is 15.0 Å². The first-order chi connectivity index (χ1) is 11.3. The lowest BCUT2D eigenvalue weighted by Crippen LogP contribution is -2.24. The van der Waals surface area contributed by atoms with Crippen LogP contribution in [0, 0.1) is 0 Å². The molecular formula is C16H18N6S. The third-order valence-corrected chi connectivity index (χ3v) is 4.92. The molecule has 0 N–H and O–H groups in total. The minimum Gasteiger partial charge on any atom is -0.333 e. The molecule has 1 aliphatic rings. The number of hydrogen-bond donors (Lipinski definition) is 0. The quantitative estimate of drug-likeness (QED) is 0.738. The average molecular weight is 326 g/mol. The molecule has 1 saturated heterocycles. The lowest BCUT2D eigenvalue weighted by Gasteiger charge is -2.24. The van der Waals surface area contributed by atoms with Crippen LogP contribution in [0.15, 0.2) is 35.7 Å². The Morgan fingerprint density at radius 2 is 2.09 bits per heavy atom. The number of likely N-dealkylation sites (tertiary alicyclic amines) is 1. The number of nitrogens with zero attached hydrogens (tertiary/aromatic N) is 6. The van der Waals surface area contributed by atoms with E-state index < -0.39 is 0 Å². The van der Waals surface area contributed by atoms with E-state index in [1.54, 1.807) is 29.9 Å². The van der Waals surface area contributed by atoms with Gasteiger partial charge in [-0.2, -0.15) is 0 Å². The van der Waals surface area contributed by atoms with Crippen molar-refractivity contribution in [3.8, 4) is 11.5 Å². The fourth-order valence-corrected chi connectivity index (χ4v) is 3.76. The normalized spacial score (nSPS) is 18.6. The van der Waals surface area contributed by atoms with Gasteiger partial charge in [-0.1, -0.05) is 0 Å². The minimum atomic E-state index is 0.275. The van der Waals surface area contributed by atoms with E-state index in [1.165, 1.54) is 6.42 Å². The molecule has 0 spiro atoms. The van der Waals surface area contributed by atoms with E-state index in [1.807, 2.05) is 23.3 Å². The van der Waals surface area contributed by atoms with Crippen LogP contribution in [-0.4, -0.2) is 35.9 Å². The van der Waals surface area contributed by atoms with Gasteiger partial charge in [-0.05, 0) is 19.4 Å². The summed E-state index contributed by atoms with van der Waals surface area (Å²) in [6.07, 6.45) is 9.53. The molecule has 7 heteroatoms. The van der Waals surface area contributed by atoms with Gasteiger partial charge >= 0.3 is 0 Å². The first-order valence-corrected chi connectivity index (χ1v) is 8.67. The molecule has 0 aliphatic carbocycles. The van der Waals surface area contributed by atoms with Gasteiger partial charge in [0.2, 0.25) is 0 Å². The molecule has 0 saturated carbocycles. The molecule has 3 aromatic rings. The van der Waals surface area contributed by atoms with Gasteiger partial charge in [-0.15, -0.1) is 11.3 Å². The van der Waals surface area contributed by atoms with E-state index in [2.05, 4.69) is 30.2 Å². The molecule has 0 unspecified atom stereocenters. The second-order valence-electron chi connectivity index (χ2n) is 5.76. The van der Waals surface area contributed by atoms with Gasteiger partial charge in [0.15, 0.2) is 5.82 Å². The molecule has 4 heterocycles. The third kappa shape index (κ3) is 2.77. The SMILES string of the molecule is Cn1ccnc1-c1nccnc1[C@H]1CCCN1Cc1cscn1. The van der Waals surface area contributed by atoms with Crippen LogP contribution >= 0.6 is 11.3 Å². The van der Waals surface area contributed by atoms with Gasteiger partial charge in [-0.3, -0.25) is 9.88 Å². The van der Waals surface area contributed by atoms with Crippen LogP contribution in [-0.2, 0) is 13.6 Å². The van der Waals surface area contributed by atoms with Crippen LogP contribution in [0.4, 0.5) is 0 Å². The highest BCUT2D eigenvalue weighted by Gasteiger charge is 2.30. The molecule has 0 radical (unpaired) electrons. The lowest BCUT2D eigenvalue weighted by molar-refractivity contribution is 0.242. The molecule has 0 amide bonds. The molecule has 1 fully saturated rings. The van der Waals surface area contributed by atoms with E-state index in [-0.39, 0.29) is 6.04 Å². The maximum Gasteiger partial charge on any atom is 0.160 e. The van der Waals surface area contributed by atoms with Crippen molar-refractivity contribution in [2.24, 2.45) is 7.05 Å². The number of imidazole rings is 1. The average Bonchev–Trinajstić information content (AvgIpc) is 3.30. The second kappa shape index (κ2) is 6.17. The van der Waals surface area contributed by atoms with E-state index >= 15 is 0 Å². The molecule has 0 aromatic carbocycles. The fourth-order valence-electron chi connectivity index (χ4n) is 3.21. The molecule has 23 heavy (non-hydrogen) atoms. The molecule has 0 bridgehead atoms. The minimum absolute atomic E-state index is 0.275. The van der Waals surface area contributed by atoms with Crippen molar-refractivity contribution >= 4 is 11.3 Å². The zero-order valence-corrected chi connectivity index (χ0v) is 13.8. The first kappa shape index (κ1) is 14.5. The Balaban J connectivity index is 1.68. The monoisotopic (exact) mass is 326 g/mol. The summed E-state index contributed by atoms with van der Waals surface area (Å²) in [6, 6.07) is 0.275. The molecule has 118 valence electrons. The smallest absolute Gasteiger partial charge is 0.160 e. The predicted molar refractivity (Wildman–Crippen MR) is 88.7 cm³/mol. The van der Waals surface area contributed by atoms with Crippen LogP contribution in [0.1, 0.15) is 30.3 Å². The van der Waals surface area contributed by atoms with Crippen LogP contribution in [0.3, 0.4) is 0 Å². The van der Waals surface area contributed by atoms with Crippen LogP contribution in [0.25, 0.3) is 11.5 Å². The summed E-state index contributed by atoms with van der Waals surface area (Å²) in [5.41, 5.74) is 4.93. The molecule has 4 rings (SSSR count). The van der Waals surface area contributed by atoms with E-state index in [4.69, 9.17) is 0 Å². The highest BCUT2D eigenvalue weighted by molar-refractivity contribution is 7.07. The zero-order chi connectivity index (χ0) is 15.6. The Hall–Kier alpha value is -2.12. The van der Waals surface area contributed by atoms with Gasteiger partial charge in [0.25, 0.3) is 0 Å². The molecule has 3 aromatic heterocycles. The Kier molecular flexibility index (Phi) is 3.88. The zero-order valence-electron chi connectivity index (χ0n) is 13.0. The summed E-state index contributed by atoms with van der Waals surface area (Å²) in [4.78, 5) is 20.6. The highest BCUT2D eigenvalue weighted by Crippen LogP contribution is 2.35. The van der Waals surface area contributed by atoms with Gasteiger partial charge in [0.1, 0.15) is 5.69 Å². The van der Waals surface area contributed by atoms with Crippen LogP contribution in [0.2, 0.25) is 0 Å². The number of aryl methyl sites for hydroxylation is 1. The van der Waals surface area contributed by atoms with E-state index in [0.29, 0.717) is 0 Å². The molecule has 1 aliphatic heterocycles. The summed E-state index contributed by atoms with van der Waals surface area (Å²) >= 11 is 1.64. The predicted octanol–water partition coefficient (Wildman–Crippen LogP) is 2.67. The van der Waals surface area contributed by atoms with Crippen LogP contribution < -0.4 is 0 Å². The summed E-state index contributed by atoms with van der Waals surface area (Å²) in [7, 11) is 1.99. The standard InChI is InChI=1S/C16H18N6S/c1-21-8-6-19-16(21)15-14(17-4-5-18-15)13-3-2-7-22(13)9-12-10-23-11-20-12/h4-6,8,10-11,13H,2-3,7,9H2,1H3/t13-/m1/s1. The molecule has 1 atom stereocenters. The van der Waals surface area contributed by atoms with Crippen molar-refractivity contribution in [2.75, 3.05) is 6.54 Å². The molecule has 6 nitrogen and oxygen atoms in total. The lowest BCUT2D eigenvalue weighted by atomic mass is 10.1. The number of aromatic nitrogens is 5. The summed E-state index contributed by atoms with van der Waals surface area (Å²) in [5.74, 6) is 0.869. The fraction of sp³-hybridized carbons (Fsp3) is 0.375. The van der Waals surface area contributed by atoms with Gasteiger partial charge in [0, 0.05) is 43.8 Å². The topological polar surface area (TPSA) is 59.7 Å². The van der Waals surface area contributed by atoms with Crippen LogP contribution in [0.5, 0.6) is 0 Å². The van der Waals surface area contributed by atoms with Gasteiger partial charge < -0.3 is 4.57 Å². The van der Waals surface area contributed by atoms with Crippen molar-refractivity contribution in [3.63, 3.8) is 0 Å². The van der Waals surface area contributed by atoms with Crippen molar-refractivity contribution in [1.29, 1.82) is 0 Å². The summed E-state index contributed by atoms with van der Waals surface area (Å²) in [6.45, 7) is 1.93. The van der Waals surface area contributed by atoms with Gasteiger partial charge in [0.05, 0.1) is 22.9 Å². The number of hydrogen-bond acceptors (Lipinski definition) is 6. The first-order valence-electron chi connectivity index (χ1n) is 7.72. The number of rotatable bonds is 4. The molecular weight excluding hydrogens is 308 g/mol. The van der Waals surface area contributed by atoms with Crippen molar-refractivity contribution in [3.05, 3.63) is 47.1 Å². The summed E-state index contributed by atoms with van der Waals surface area (Å²) < 4.78 is 1.99. The largest absolute Gasteiger partial charge is 0.333 e. The third-order valence-electron chi connectivity index (χ3n) is 4.29. The summed E-state index contributed by atoms with van der Waals surface area (Å²) in [5, 5.41) is 2.12.